The first-order valence-electron chi connectivity index (χ1n) is 7.00. The van der Waals surface area contributed by atoms with Crippen molar-refractivity contribution in [3.63, 3.8) is 0 Å². The SMILES string of the molecule is O=C(NN1C(=O)NC2(CCCCC2)C1=O)c1ccncc1. The Hall–Kier alpha value is -2.44. The maximum Gasteiger partial charge on any atom is 0.344 e. The molecule has 2 heterocycles. The fourth-order valence-electron chi connectivity index (χ4n) is 2.89. The van der Waals surface area contributed by atoms with Crippen LogP contribution in [0.25, 0.3) is 0 Å². The maximum absolute atomic E-state index is 12.5. The van der Waals surface area contributed by atoms with E-state index in [1.54, 1.807) is 0 Å². The van der Waals surface area contributed by atoms with Crippen molar-refractivity contribution in [3.05, 3.63) is 30.1 Å². The second-order valence-corrected chi connectivity index (χ2v) is 5.39. The molecular weight excluding hydrogens is 272 g/mol. The first-order chi connectivity index (χ1) is 10.1. The van der Waals surface area contributed by atoms with Crippen LogP contribution in [-0.2, 0) is 4.79 Å². The van der Waals surface area contributed by atoms with E-state index < -0.39 is 17.5 Å². The lowest BCUT2D eigenvalue weighted by Crippen LogP contribution is -2.50. The van der Waals surface area contributed by atoms with Crippen LogP contribution in [-0.4, -0.2) is 33.4 Å². The molecule has 1 aliphatic heterocycles. The van der Waals surface area contributed by atoms with Gasteiger partial charge in [0.1, 0.15) is 5.54 Å². The summed E-state index contributed by atoms with van der Waals surface area (Å²) in [6, 6.07) is 2.47. The minimum atomic E-state index is -0.832. The minimum absolute atomic E-state index is 0.343. The Morgan fingerprint density at radius 3 is 2.52 bits per heavy atom. The van der Waals surface area contributed by atoms with E-state index in [4.69, 9.17) is 0 Å². The van der Waals surface area contributed by atoms with Gasteiger partial charge in [-0.15, -0.1) is 0 Å². The van der Waals surface area contributed by atoms with Gasteiger partial charge in [-0.1, -0.05) is 19.3 Å². The van der Waals surface area contributed by atoms with E-state index in [0.717, 1.165) is 24.3 Å². The molecule has 1 aromatic heterocycles. The number of nitrogens with zero attached hydrogens (tertiary/aromatic N) is 2. The zero-order valence-electron chi connectivity index (χ0n) is 11.5. The number of urea groups is 1. The van der Waals surface area contributed by atoms with Crippen molar-refractivity contribution < 1.29 is 14.4 Å². The number of carbonyl (C=O) groups excluding carboxylic acids is 3. The number of imide groups is 1. The van der Waals surface area contributed by atoms with Crippen LogP contribution in [0.5, 0.6) is 0 Å². The molecule has 3 rings (SSSR count). The van der Waals surface area contributed by atoms with E-state index in [0.29, 0.717) is 18.4 Å². The highest BCUT2D eigenvalue weighted by Crippen LogP contribution is 2.32. The van der Waals surface area contributed by atoms with Gasteiger partial charge in [0.2, 0.25) is 0 Å². The van der Waals surface area contributed by atoms with Gasteiger partial charge in [-0.3, -0.25) is 20.0 Å². The van der Waals surface area contributed by atoms with Gasteiger partial charge in [0.05, 0.1) is 0 Å². The van der Waals surface area contributed by atoms with Crippen molar-refractivity contribution in [2.75, 3.05) is 0 Å². The van der Waals surface area contributed by atoms with Crippen LogP contribution in [0.2, 0.25) is 0 Å². The summed E-state index contributed by atoms with van der Waals surface area (Å²) in [6.45, 7) is 0. The number of rotatable bonds is 2. The fourth-order valence-corrected chi connectivity index (χ4v) is 2.89. The summed E-state index contributed by atoms with van der Waals surface area (Å²) < 4.78 is 0. The summed E-state index contributed by atoms with van der Waals surface area (Å²) >= 11 is 0. The molecule has 1 saturated heterocycles. The number of pyridine rings is 1. The van der Waals surface area contributed by atoms with E-state index in [-0.39, 0.29) is 5.91 Å². The molecular formula is C14H16N4O3. The average molecular weight is 288 g/mol. The van der Waals surface area contributed by atoms with Gasteiger partial charge in [0.25, 0.3) is 11.8 Å². The van der Waals surface area contributed by atoms with E-state index >= 15 is 0 Å². The van der Waals surface area contributed by atoms with Crippen LogP contribution in [0.3, 0.4) is 0 Å². The molecule has 1 saturated carbocycles. The normalized spacial score (nSPS) is 20.5. The van der Waals surface area contributed by atoms with Crippen LogP contribution in [0.15, 0.2) is 24.5 Å². The zero-order chi connectivity index (χ0) is 14.9. The highest BCUT2D eigenvalue weighted by Gasteiger charge is 2.52. The van der Waals surface area contributed by atoms with Gasteiger partial charge >= 0.3 is 6.03 Å². The third-order valence-corrected chi connectivity index (χ3v) is 4.02. The third-order valence-electron chi connectivity index (χ3n) is 4.02. The first kappa shape index (κ1) is 13.5. The van der Waals surface area contributed by atoms with Gasteiger partial charge in [-0.25, -0.2) is 4.79 Å². The number of nitrogens with one attached hydrogen (secondary N) is 2. The Morgan fingerprint density at radius 1 is 1.19 bits per heavy atom. The number of hydrogen-bond acceptors (Lipinski definition) is 4. The minimum Gasteiger partial charge on any atom is -0.322 e. The van der Waals surface area contributed by atoms with Gasteiger partial charge in [0.15, 0.2) is 0 Å². The summed E-state index contributed by atoms with van der Waals surface area (Å²) in [4.78, 5) is 40.3. The van der Waals surface area contributed by atoms with E-state index in [1.807, 2.05) is 0 Å². The number of hydrogen-bond donors (Lipinski definition) is 2. The van der Waals surface area contributed by atoms with Crippen molar-refractivity contribution in [1.29, 1.82) is 0 Å². The molecule has 0 radical (unpaired) electrons. The Bertz CT molecular complexity index is 581. The summed E-state index contributed by atoms with van der Waals surface area (Å²) in [7, 11) is 0. The van der Waals surface area contributed by atoms with E-state index in [9.17, 15) is 14.4 Å². The lowest BCUT2D eigenvalue weighted by Gasteiger charge is -2.30. The maximum atomic E-state index is 12.5. The second kappa shape index (κ2) is 5.16. The van der Waals surface area contributed by atoms with Gasteiger partial charge < -0.3 is 5.32 Å². The molecule has 1 aliphatic carbocycles. The predicted octanol–water partition coefficient (Wildman–Crippen LogP) is 0.981. The average Bonchev–Trinajstić information content (AvgIpc) is 2.73. The Kier molecular flexibility index (Phi) is 3.32. The Labute approximate surface area is 121 Å². The number of hydrazine groups is 1. The summed E-state index contributed by atoms with van der Waals surface area (Å²) in [5.41, 5.74) is 1.88. The quantitative estimate of drug-likeness (QED) is 0.794. The number of amides is 4. The molecule has 2 fully saturated rings. The number of aromatic nitrogens is 1. The predicted molar refractivity (Wildman–Crippen MR) is 72.9 cm³/mol. The zero-order valence-corrected chi connectivity index (χ0v) is 11.5. The molecule has 21 heavy (non-hydrogen) atoms. The number of carbonyl (C=O) groups is 3. The lowest BCUT2D eigenvalue weighted by molar-refractivity contribution is -0.134. The van der Waals surface area contributed by atoms with Gasteiger partial charge in [-0.2, -0.15) is 5.01 Å². The summed E-state index contributed by atoms with van der Waals surface area (Å²) in [5.74, 6) is -0.872. The summed E-state index contributed by atoms with van der Waals surface area (Å²) in [6.07, 6.45) is 7.07. The molecule has 7 nitrogen and oxygen atoms in total. The van der Waals surface area contributed by atoms with Gasteiger partial charge in [-0.05, 0) is 25.0 Å². The lowest BCUT2D eigenvalue weighted by atomic mass is 9.82. The first-order valence-corrected chi connectivity index (χ1v) is 7.00. The Morgan fingerprint density at radius 2 is 1.86 bits per heavy atom. The van der Waals surface area contributed by atoms with Crippen LogP contribution in [0, 0.1) is 0 Å². The molecule has 0 atom stereocenters. The topological polar surface area (TPSA) is 91.4 Å². The van der Waals surface area contributed by atoms with E-state index in [1.165, 1.54) is 24.5 Å². The van der Waals surface area contributed by atoms with Crippen LogP contribution in [0.4, 0.5) is 4.79 Å². The third kappa shape index (κ3) is 2.35. The molecule has 0 aromatic carbocycles. The van der Waals surface area contributed by atoms with E-state index in [2.05, 4.69) is 15.7 Å². The van der Waals surface area contributed by atoms with Crippen molar-refractivity contribution in [3.8, 4) is 0 Å². The van der Waals surface area contributed by atoms with Crippen molar-refractivity contribution in [2.45, 2.75) is 37.6 Å². The highest BCUT2D eigenvalue weighted by atomic mass is 16.2. The largest absolute Gasteiger partial charge is 0.344 e. The van der Waals surface area contributed by atoms with Crippen LogP contribution in [0.1, 0.15) is 42.5 Å². The molecule has 0 unspecified atom stereocenters. The molecule has 1 spiro atoms. The van der Waals surface area contributed by atoms with Crippen molar-refractivity contribution >= 4 is 17.8 Å². The van der Waals surface area contributed by atoms with Crippen molar-refractivity contribution in [2.24, 2.45) is 0 Å². The second-order valence-electron chi connectivity index (χ2n) is 5.39. The smallest absolute Gasteiger partial charge is 0.322 e. The molecule has 1 aromatic rings. The molecule has 7 heteroatoms. The fraction of sp³-hybridized carbons (Fsp3) is 0.429. The Balaban J connectivity index is 1.75. The molecule has 4 amide bonds. The molecule has 2 N–H and O–H groups in total. The standard InChI is InChI=1S/C14H16N4O3/c19-11(10-4-8-15-9-5-10)17-18-12(20)14(16-13(18)21)6-2-1-3-7-14/h4-5,8-9H,1-3,6-7H2,(H,16,21)(H,17,19). The van der Waals surface area contributed by atoms with Crippen molar-refractivity contribution in [1.82, 2.24) is 20.7 Å². The van der Waals surface area contributed by atoms with Crippen LogP contribution >= 0.6 is 0 Å². The monoisotopic (exact) mass is 288 g/mol. The highest BCUT2D eigenvalue weighted by molar-refractivity contribution is 6.09. The molecule has 110 valence electrons. The molecule has 2 aliphatic rings. The van der Waals surface area contributed by atoms with Gasteiger partial charge in [0, 0.05) is 18.0 Å². The molecule has 0 bridgehead atoms. The van der Waals surface area contributed by atoms with Crippen LogP contribution < -0.4 is 10.7 Å². The summed E-state index contributed by atoms with van der Waals surface area (Å²) in [5, 5.41) is 3.54.